The van der Waals surface area contributed by atoms with Crippen molar-refractivity contribution in [2.75, 3.05) is 31.7 Å². The molecular formula is C13H21BrN2O. The Labute approximate surface area is 112 Å². The molecule has 0 amide bonds. The van der Waals surface area contributed by atoms with Crippen LogP contribution in [0.5, 0.6) is 0 Å². The van der Waals surface area contributed by atoms with Crippen LogP contribution in [0, 0.1) is 0 Å². The number of benzene rings is 1. The molecule has 0 fully saturated rings. The van der Waals surface area contributed by atoms with Gasteiger partial charge in [-0.25, -0.2) is 0 Å². The van der Waals surface area contributed by atoms with Crippen molar-refractivity contribution in [1.29, 1.82) is 0 Å². The van der Waals surface area contributed by atoms with Gasteiger partial charge in [0, 0.05) is 30.7 Å². The molecule has 0 spiro atoms. The maximum absolute atomic E-state index is 5.85. The van der Waals surface area contributed by atoms with E-state index >= 15 is 0 Å². The predicted molar refractivity (Wildman–Crippen MR) is 76.5 cm³/mol. The van der Waals surface area contributed by atoms with Gasteiger partial charge in [0.2, 0.25) is 0 Å². The van der Waals surface area contributed by atoms with Crippen LogP contribution < -0.4 is 10.6 Å². The first-order valence-corrected chi connectivity index (χ1v) is 6.69. The van der Waals surface area contributed by atoms with E-state index in [0.717, 1.165) is 35.5 Å². The highest BCUT2D eigenvalue weighted by atomic mass is 79.9. The Morgan fingerprint density at radius 2 is 2.18 bits per heavy atom. The molecule has 0 aliphatic heterocycles. The zero-order valence-electron chi connectivity index (χ0n) is 10.7. The summed E-state index contributed by atoms with van der Waals surface area (Å²) in [6.45, 7) is 6.38. The van der Waals surface area contributed by atoms with Gasteiger partial charge in [0.25, 0.3) is 0 Å². The second-order valence-electron chi connectivity index (χ2n) is 4.12. The number of hydrogen-bond acceptors (Lipinski definition) is 3. The van der Waals surface area contributed by atoms with Crippen molar-refractivity contribution in [2.45, 2.75) is 19.9 Å². The summed E-state index contributed by atoms with van der Waals surface area (Å²) in [5, 5.41) is 0. The Balaban J connectivity index is 2.70. The van der Waals surface area contributed by atoms with E-state index in [1.807, 2.05) is 13.8 Å². The van der Waals surface area contributed by atoms with Gasteiger partial charge in [-0.2, -0.15) is 0 Å². The summed E-state index contributed by atoms with van der Waals surface area (Å²) in [7, 11) is 2.06. The van der Waals surface area contributed by atoms with E-state index in [1.165, 1.54) is 0 Å². The van der Waals surface area contributed by atoms with E-state index in [-0.39, 0.29) is 6.04 Å². The van der Waals surface area contributed by atoms with Crippen LogP contribution in [0.2, 0.25) is 0 Å². The third kappa shape index (κ3) is 4.30. The van der Waals surface area contributed by atoms with E-state index in [0.29, 0.717) is 0 Å². The Morgan fingerprint density at radius 1 is 1.47 bits per heavy atom. The molecule has 0 aliphatic carbocycles. The Bertz CT molecular complexity index is 355. The van der Waals surface area contributed by atoms with Crippen LogP contribution in [0.15, 0.2) is 22.7 Å². The molecular weight excluding hydrogens is 280 g/mol. The summed E-state index contributed by atoms with van der Waals surface area (Å²) >= 11 is 3.59. The topological polar surface area (TPSA) is 38.5 Å². The van der Waals surface area contributed by atoms with E-state index in [4.69, 9.17) is 10.5 Å². The van der Waals surface area contributed by atoms with Crippen LogP contribution in [0.1, 0.15) is 25.5 Å². The lowest BCUT2D eigenvalue weighted by atomic mass is 10.1. The minimum atomic E-state index is 0.0640. The minimum Gasteiger partial charge on any atom is -0.380 e. The number of likely N-dealkylation sites (N-methyl/N-ethyl adjacent to an activating group) is 1. The van der Waals surface area contributed by atoms with E-state index in [2.05, 4.69) is 46.1 Å². The Kier molecular flexibility index (Phi) is 5.95. The van der Waals surface area contributed by atoms with Gasteiger partial charge < -0.3 is 15.4 Å². The van der Waals surface area contributed by atoms with E-state index in [1.54, 1.807) is 0 Å². The average Bonchev–Trinajstić information content (AvgIpc) is 2.28. The summed E-state index contributed by atoms with van der Waals surface area (Å²) in [6, 6.07) is 6.31. The maximum atomic E-state index is 5.85. The van der Waals surface area contributed by atoms with Crippen molar-refractivity contribution in [3.05, 3.63) is 28.2 Å². The number of rotatable bonds is 6. The molecule has 0 unspecified atom stereocenters. The van der Waals surface area contributed by atoms with Crippen molar-refractivity contribution < 1.29 is 4.74 Å². The molecule has 96 valence electrons. The lowest BCUT2D eigenvalue weighted by Crippen LogP contribution is -2.23. The predicted octanol–water partition coefficient (Wildman–Crippen LogP) is 2.94. The number of nitrogens with zero attached hydrogens (tertiary/aromatic N) is 1. The number of nitrogens with two attached hydrogens (primary N) is 1. The number of halogens is 1. The van der Waals surface area contributed by atoms with Crippen LogP contribution in [0.4, 0.5) is 5.69 Å². The molecule has 0 aromatic heterocycles. The molecule has 1 rings (SSSR count). The Morgan fingerprint density at radius 3 is 2.71 bits per heavy atom. The fourth-order valence-electron chi connectivity index (χ4n) is 1.58. The van der Waals surface area contributed by atoms with Gasteiger partial charge >= 0.3 is 0 Å². The van der Waals surface area contributed by atoms with Gasteiger partial charge in [0.05, 0.1) is 12.3 Å². The van der Waals surface area contributed by atoms with Crippen molar-refractivity contribution in [1.82, 2.24) is 0 Å². The molecule has 0 heterocycles. The second kappa shape index (κ2) is 6.99. The molecule has 1 aromatic rings. The van der Waals surface area contributed by atoms with Crippen molar-refractivity contribution in [3.63, 3.8) is 0 Å². The zero-order chi connectivity index (χ0) is 12.8. The number of anilines is 1. The van der Waals surface area contributed by atoms with Gasteiger partial charge in [-0.05, 0) is 47.5 Å². The molecule has 1 atom stereocenters. The third-order valence-corrected chi connectivity index (χ3v) is 3.32. The molecule has 0 bridgehead atoms. The molecule has 0 radical (unpaired) electrons. The van der Waals surface area contributed by atoms with Gasteiger partial charge in [0.1, 0.15) is 0 Å². The standard InChI is InChI=1S/C13H21BrN2O/c1-4-17-8-7-16(3)13-6-5-11(10(2)15)9-12(13)14/h5-6,9-10H,4,7-8,15H2,1-3H3/t10-/m0/s1. The first-order chi connectivity index (χ1) is 8.06. The largest absolute Gasteiger partial charge is 0.380 e. The van der Waals surface area contributed by atoms with Crippen molar-refractivity contribution >= 4 is 21.6 Å². The van der Waals surface area contributed by atoms with E-state index < -0.39 is 0 Å². The van der Waals surface area contributed by atoms with Crippen LogP contribution >= 0.6 is 15.9 Å². The smallest absolute Gasteiger partial charge is 0.0641 e. The van der Waals surface area contributed by atoms with Crippen LogP contribution in [-0.2, 0) is 4.74 Å². The molecule has 1 aromatic carbocycles. The van der Waals surface area contributed by atoms with Gasteiger partial charge in [-0.3, -0.25) is 0 Å². The fraction of sp³-hybridized carbons (Fsp3) is 0.538. The summed E-state index contributed by atoms with van der Waals surface area (Å²) in [5.74, 6) is 0. The molecule has 3 nitrogen and oxygen atoms in total. The summed E-state index contributed by atoms with van der Waals surface area (Å²) < 4.78 is 6.43. The second-order valence-corrected chi connectivity index (χ2v) is 4.97. The molecule has 0 saturated heterocycles. The normalized spacial score (nSPS) is 12.5. The lowest BCUT2D eigenvalue weighted by molar-refractivity contribution is 0.154. The fourth-order valence-corrected chi connectivity index (χ4v) is 2.28. The maximum Gasteiger partial charge on any atom is 0.0641 e. The summed E-state index contributed by atoms with van der Waals surface area (Å²) in [4.78, 5) is 2.17. The van der Waals surface area contributed by atoms with E-state index in [9.17, 15) is 0 Å². The zero-order valence-corrected chi connectivity index (χ0v) is 12.3. The lowest BCUT2D eigenvalue weighted by Gasteiger charge is -2.21. The minimum absolute atomic E-state index is 0.0640. The van der Waals surface area contributed by atoms with Crippen molar-refractivity contribution in [3.8, 4) is 0 Å². The van der Waals surface area contributed by atoms with Crippen LogP contribution in [-0.4, -0.2) is 26.8 Å². The van der Waals surface area contributed by atoms with Gasteiger partial charge in [-0.15, -0.1) is 0 Å². The van der Waals surface area contributed by atoms with Crippen molar-refractivity contribution in [2.24, 2.45) is 5.73 Å². The monoisotopic (exact) mass is 300 g/mol. The summed E-state index contributed by atoms with van der Waals surface area (Å²) in [5.41, 5.74) is 8.15. The highest BCUT2D eigenvalue weighted by Gasteiger charge is 2.08. The molecule has 17 heavy (non-hydrogen) atoms. The molecule has 0 aliphatic rings. The number of hydrogen-bond donors (Lipinski definition) is 1. The molecule has 2 N–H and O–H groups in total. The summed E-state index contributed by atoms with van der Waals surface area (Å²) in [6.07, 6.45) is 0. The van der Waals surface area contributed by atoms with Crippen LogP contribution in [0.25, 0.3) is 0 Å². The average molecular weight is 301 g/mol. The highest BCUT2D eigenvalue weighted by Crippen LogP contribution is 2.28. The first-order valence-electron chi connectivity index (χ1n) is 5.90. The van der Waals surface area contributed by atoms with Crippen LogP contribution in [0.3, 0.4) is 0 Å². The van der Waals surface area contributed by atoms with Gasteiger partial charge in [-0.1, -0.05) is 6.07 Å². The number of ether oxygens (including phenoxy) is 1. The molecule has 4 heteroatoms. The van der Waals surface area contributed by atoms with Gasteiger partial charge in [0.15, 0.2) is 0 Å². The Hall–Kier alpha value is -0.580. The SMILES string of the molecule is CCOCCN(C)c1ccc([C@H](C)N)cc1Br. The molecule has 0 saturated carbocycles. The quantitative estimate of drug-likeness (QED) is 0.821. The highest BCUT2D eigenvalue weighted by molar-refractivity contribution is 9.10. The third-order valence-electron chi connectivity index (χ3n) is 2.68. The first kappa shape index (κ1) is 14.5.